The van der Waals surface area contributed by atoms with Gasteiger partial charge in [0.1, 0.15) is 5.82 Å². The number of benzene rings is 1. The molecule has 1 aliphatic carbocycles. The lowest BCUT2D eigenvalue weighted by Crippen LogP contribution is -2.51. The largest absolute Gasteiger partial charge is 0.370 e. The van der Waals surface area contributed by atoms with E-state index >= 15 is 0 Å². The van der Waals surface area contributed by atoms with Crippen molar-refractivity contribution in [3.8, 4) is 0 Å². The number of anilines is 1. The van der Waals surface area contributed by atoms with Crippen molar-refractivity contribution < 1.29 is 12.8 Å². The summed E-state index contributed by atoms with van der Waals surface area (Å²) in [5.41, 5.74) is 7.01. The molecule has 1 aromatic carbocycles. The van der Waals surface area contributed by atoms with Gasteiger partial charge in [0.15, 0.2) is 5.96 Å². The lowest BCUT2D eigenvalue weighted by atomic mass is 9.86. The van der Waals surface area contributed by atoms with Crippen LogP contribution in [0.4, 0.5) is 10.1 Å². The Balaban J connectivity index is 0.00000280. The summed E-state index contributed by atoms with van der Waals surface area (Å²) in [6.07, 6.45) is 3.41. The van der Waals surface area contributed by atoms with Crippen LogP contribution in [0.2, 0.25) is 0 Å². The van der Waals surface area contributed by atoms with Gasteiger partial charge in [0.05, 0.1) is 12.3 Å². The predicted octanol–water partition coefficient (Wildman–Crippen LogP) is 1.60. The first-order valence-electron chi connectivity index (χ1n) is 9.46. The minimum Gasteiger partial charge on any atom is -0.370 e. The maximum Gasteiger partial charge on any atom is 0.213 e. The number of hydrogen-bond acceptors (Lipinski definition) is 4. The van der Waals surface area contributed by atoms with Gasteiger partial charge in [-0.3, -0.25) is 4.99 Å². The van der Waals surface area contributed by atoms with Crippen molar-refractivity contribution in [2.75, 3.05) is 49.9 Å². The summed E-state index contributed by atoms with van der Waals surface area (Å²) in [5, 5.41) is 0. The number of rotatable bonds is 7. The first kappa shape index (κ1) is 23.1. The molecular formula is C18H29FIN5O2S. The molecule has 2 fully saturated rings. The summed E-state index contributed by atoms with van der Waals surface area (Å²) in [7, 11) is -3.30. The number of hydrogen-bond donors (Lipinski definition) is 2. The van der Waals surface area contributed by atoms with E-state index in [0.29, 0.717) is 31.5 Å². The van der Waals surface area contributed by atoms with Gasteiger partial charge < -0.3 is 15.5 Å². The van der Waals surface area contributed by atoms with E-state index in [0.717, 1.165) is 31.6 Å². The second-order valence-electron chi connectivity index (χ2n) is 7.15. The highest BCUT2D eigenvalue weighted by molar-refractivity contribution is 14.0. The van der Waals surface area contributed by atoms with Crippen LogP contribution in [0.15, 0.2) is 29.3 Å². The van der Waals surface area contributed by atoms with Crippen LogP contribution in [0.3, 0.4) is 0 Å². The number of sulfonamides is 1. The maximum atomic E-state index is 13.0. The van der Waals surface area contributed by atoms with Gasteiger partial charge in [0.2, 0.25) is 10.0 Å². The van der Waals surface area contributed by atoms with Crippen LogP contribution in [-0.4, -0.2) is 64.3 Å². The van der Waals surface area contributed by atoms with Crippen molar-refractivity contribution in [1.29, 1.82) is 0 Å². The molecule has 0 spiro atoms. The molecule has 10 heteroatoms. The van der Waals surface area contributed by atoms with Gasteiger partial charge >= 0.3 is 0 Å². The number of halogens is 2. The zero-order chi connectivity index (χ0) is 19.3. The van der Waals surface area contributed by atoms with E-state index in [1.807, 2.05) is 4.90 Å². The third-order valence-corrected chi connectivity index (χ3v) is 6.57. The van der Waals surface area contributed by atoms with Crippen LogP contribution in [-0.2, 0) is 10.0 Å². The minimum absolute atomic E-state index is 0. The summed E-state index contributed by atoms with van der Waals surface area (Å²) in [6.45, 7) is 3.59. The van der Waals surface area contributed by atoms with Gasteiger partial charge in [-0.1, -0.05) is 6.42 Å². The molecule has 0 aromatic heterocycles. The Labute approximate surface area is 183 Å². The smallest absolute Gasteiger partial charge is 0.213 e. The third kappa shape index (κ3) is 6.73. The molecule has 158 valence electrons. The van der Waals surface area contributed by atoms with E-state index in [9.17, 15) is 12.8 Å². The molecule has 1 aliphatic heterocycles. The number of aliphatic imine (C=N–C) groups is 1. The zero-order valence-corrected chi connectivity index (χ0v) is 19.0. The Kier molecular flexibility index (Phi) is 8.75. The molecule has 3 rings (SSSR count). The third-order valence-electron chi connectivity index (χ3n) is 5.25. The highest BCUT2D eigenvalue weighted by atomic mass is 127. The Bertz CT molecular complexity index is 748. The molecular weight excluding hydrogens is 496 g/mol. The molecule has 3 N–H and O–H groups in total. The fraction of sp³-hybridized carbons (Fsp3) is 0.611. The fourth-order valence-electron chi connectivity index (χ4n) is 3.24. The number of nitrogens with zero attached hydrogens (tertiary/aromatic N) is 3. The van der Waals surface area contributed by atoms with Gasteiger partial charge in [0.25, 0.3) is 0 Å². The van der Waals surface area contributed by atoms with E-state index in [4.69, 9.17) is 5.73 Å². The molecule has 2 aliphatic rings. The first-order chi connectivity index (χ1) is 12.9. The maximum absolute atomic E-state index is 13.0. The Morgan fingerprint density at radius 3 is 2.39 bits per heavy atom. The van der Waals surface area contributed by atoms with E-state index < -0.39 is 10.0 Å². The van der Waals surface area contributed by atoms with Gasteiger partial charge in [-0.15, -0.1) is 24.0 Å². The Morgan fingerprint density at radius 1 is 1.18 bits per heavy atom. The molecule has 28 heavy (non-hydrogen) atoms. The second kappa shape index (κ2) is 10.6. The molecule has 7 nitrogen and oxygen atoms in total. The lowest BCUT2D eigenvalue weighted by molar-refractivity contribution is 0.316. The van der Waals surface area contributed by atoms with E-state index in [1.165, 1.54) is 18.6 Å². The van der Waals surface area contributed by atoms with Crippen molar-refractivity contribution in [1.82, 2.24) is 9.62 Å². The van der Waals surface area contributed by atoms with Gasteiger partial charge in [-0.05, 0) is 43.0 Å². The molecule has 0 amide bonds. The van der Waals surface area contributed by atoms with Crippen LogP contribution in [0, 0.1) is 11.7 Å². The van der Waals surface area contributed by atoms with E-state index in [2.05, 4.69) is 14.6 Å². The van der Waals surface area contributed by atoms with Crippen molar-refractivity contribution in [3.05, 3.63) is 30.1 Å². The van der Waals surface area contributed by atoms with Crippen molar-refractivity contribution in [2.24, 2.45) is 16.6 Å². The first-order valence-corrected chi connectivity index (χ1v) is 11.1. The topological polar surface area (TPSA) is 91.0 Å². The van der Waals surface area contributed by atoms with Gasteiger partial charge in [-0.25, -0.2) is 17.5 Å². The normalized spacial score (nSPS) is 18.5. The van der Waals surface area contributed by atoms with Crippen molar-refractivity contribution >= 4 is 45.6 Å². The second-order valence-corrected chi connectivity index (χ2v) is 9.08. The average molecular weight is 525 g/mol. The van der Waals surface area contributed by atoms with Crippen LogP contribution in [0.5, 0.6) is 0 Å². The molecule has 1 saturated carbocycles. The standard InChI is InChI=1S/C18H28FN5O2S.HI/c19-16-4-6-17(7-5-16)23-9-11-24(12-10-23)18(20)21-8-13-27(25,26)22-14-15-2-1-3-15;/h4-7,15,22H,1-3,8-14H2,(H2,20,21);1H. The SMILES string of the molecule is I.NC(=NCCS(=O)(=O)NCC1CCC1)N1CCN(c2ccc(F)cc2)CC1. The van der Waals surface area contributed by atoms with E-state index in [1.54, 1.807) is 12.1 Å². The quantitative estimate of drug-likeness (QED) is 0.321. The minimum atomic E-state index is -3.30. The summed E-state index contributed by atoms with van der Waals surface area (Å²) >= 11 is 0. The Morgan fingerprint density at radius 2 is 1.82 bits per heavy atom. The van der Waals surface area contributed by atoms with Gasteiger partial charge in [-0.2, -0.15) is 0 Å². The number of piperazine rings is 1. The molecule has 0 bridgehead atoms. The highest BCUT2D eigenvalue weighted by Gasteiger charge is 2.21. The van der Waals surface area contributed by atoms with Crippen LogP contribution in [0.25, 0.3) is 0 Å². The number of nitrogens with one attached hydrogen (secondary N) is 1. The zero-order valence-electron chi connectivity index (χ0n) is 15.9. The molecule has 0 unspecified atom stereocenters. The summed E-state index contributed by atoms with van der Waals surface area (Å²) in [5.74, 6) is 0.579. The van der Waals surface area contributed by atoms with E-state index in [-0.39, 0.29) is 42.1 Å². The number of nitrogens with two attached hydrogens (primary N) is 1. The van der Waals surface area contributed by atoms with Gasteiger partial charge in [0, 0.05) is 38.4 Å². The number of guanidine groups is 1. The molecule has 1 aromatic rings. The summed E-state index contributed by atoms with van der Waals surface area (Å²) < 4.78 is 39.7. The highest BCUT2D eigenvalue weighted by Crippen LogP contribution is 2.25. The molecule has 0 atom stereocenters. The molecule has 0 radical (unpaired) electrons. The van der Waals surface area contributed by atoms with Crippen molar-refractivity contribution in [3.63, 3.8) is 0 Å². The Hall–Kier alpha value is -1.14. The fourth-order valence-corrected chi connectivity index (χ4v) is 4.21. The summed E-state index contributed by atoms with van der Waals surface area (Å²) in [6, 6.07) is 6.45. The molecule has 1 saturated heterocycles. The van der Waals surface area contributed by atoms with Crippen LogP contribution in [0.1, 0.15) is 19.3 Å². The lowest BCUT2D eigenvalue weighted by Gasteiger charge is -2.36. The summed E-state index contributed by atoms with van der Waals surface area (Å²) in [4.78, 5) is 8.35. The van der Waals surface area contributed by atoms with Crippen LogP contribution >= 0.6 is 24.0 Å². The average Bonchev–Trinajstić information content (AvgIpc) is 2.61. The monoisotopic (exact) mass is 525 g/mol. The van der Waals surface area contributed by atoms with Crippen molar-refractivity contribution in [2.45, 2.75) is 19.3 Å². The molecule has 1 heterocycles. The van der Waals surface area contributed by atoms with Crippen LogP contribution < -0.4 is 15.4 Å². The predicted molar refractivity (Wildman–Crippen MR) is 121 cm³/mol.